The minimum atomic E-state index is -0.676. The summed E-state index contributed by atoms with van der Waals surface area (Å²) in [6.07, 6.45) is 2.00. The molecule has 8 nitrogen and oxygen atoms in total. The molecule has 2 saturated carbocycles. The van der Waals surface area contributed by atoms with E-state index in [1.54, 1.807) is 29.2 Å². The lowest BCUT2D eigenvalue weighted by Crippen LogP contribution is -2.49. The van der Waals surface area contributed by atoms with Crippen molar-refractivity contribution in [1.82, 2.24) is 20.0 Å². The van der Waals surface area contributed by atoms with Gasteiger partial charge in [0.15, 0.2) is 5.69 Å². The van der Waals surface area contributed by atoms with Crippen molar-refractivity contribution in [1.29, 1.82) is 0 Å². The molecule has 1 saturated heterocycles. The van der Waals surface area contributed by atoms with Gasteiger partial charge >= 0.3 is 0 Å². The van der Waals surface area contributed by atoms with Crippen LogP contribution in [0.15, 0.2) is 42.5 Å². The van der Waals surface area contributed by atoms with E-state index in [1.165, 1.54) is 16.8 Å². The molecule has 3 aliphatic rings. The number of carbonyl (C=O) groups excluding carboxylic acids is 3. The fraction of sp³-hybridized carbons (Fsp3) is 0.360. The molecule has 0 radical (unpaired) electrons. The third-order valence-corrected chi connectivity index (χ3v) is 7.35. The molecule has 1 aromatic heterocycles. The Kier molecular flexibility index (Phi) is 4.87. The van der Waals surface area contributed by atoms with Crippen molar-refractivity contribution in [2.75, 3.05) is 0 Å². The second-order valence-electron chi connectivity index (χ2n) is 9.63. The molecule has 180 valence electrons. The molecular weight excluding hydrogens is 456 g/mol. The Labute approximate surface area is 199 Å². The summed E-state index contributed by atoms with van der Waals surface area (Å²) < 4.78 is 28.8. The number of rotatable bonds is 6. The predicted octanol–water partition coefficient (Wildman–Crippen LogP) is 2.08. The summed E-state index contributed by atoms with van der Waals surface area (Å²) in [4.78, 5) is 39.9. The number of para-hydroxylation sites is 1. The van der Waals surface area contributed by atoms with E-state index in [1.807, 2.05) is 0 Å². The number of nitrogens with one attached hydrogen (secondary N) is 1. The second-order valence-corrected chi connectivity index (χ2v) is 9.63. The molecule has 10 heteroatoms. The molecule has 1 aliphatic heterocycles. The molecule has 2 aromatic carbocycles. The lowest BCUT2D eigenvalue weighted by molar-refractivity contribution is -0.140. The minimum absolute atomic E-state index is 0.0141. The van der Waals surface area contributed by atoms with Crippen molar-refractivity contribution in [3.8, 4) is 0 Å². The lowest BCUT2D eigenvalue weighted by Gasteiger charge is -2.27. The molecule has 35 heavy (non-hydrogen) atoms. The zero-order chi connectivity index (χ0) is 24.4. The van der Waals surface area contributed by atoms with Crippen LogP contribution in [-0.2, 0) is 16.1 Å². The van der Waals surface area contributed by atoms with Crippen LogP contribution in [0.5, 0.6) is 0 Å². The second kappa shape index (κ2) is 7.86. The zero-order valence-electron chi connectivity index (χ0n) is 18.7. The summed E-state index contributed by atoms with van der Waals surface area (Å²) >= 11 is 0. The van der Waals surface area contributed by atoms with E-state index >= 15 is 0 Å². The summed E-state index contributed by atoms with van der Waals surface area (Å²) in [5.74, 6) is -2.37. The number of piperidine rings is 1. The quantitative estimate of drug-likeness (QED) is 0.564. The molecule has 0 bridgehead atoms. The van der Waals surface area contributed by atoms with Gasteiger partial charge < -0.3 is 16.0 Å². The lowest BCUT2D eigenvalue weighted by atomic mass is 10.1. The topological polar surface area (TPSA) is 110 Å². The first kappa shape index (κ1) is 21.7. The van der Waals surface area contributed by atoms with E-state index in [0.29, 0.717) is 29.3 Å². The summed E-state index contributed by atoms with van der Waals surface area (Å²) in [7, 11) is 0. The van der Waals surface area contributed by atoms with E-state index in [2.05, 4.69) is 10.4 Å². The van der Waals surface area contributed by atoms with Gasteiger partial charge in [0.2, 0.25) is 11.8 Å². The fourth-order valence-corrected chi connectivity index (χ4v) is 5.47. The van der Waals surface area contributed by atoms with Gasteiger partial charge in [0.05, 0.1) is 5.52 Å². The van der Waals surface area contributed by atoms with Crippen molar-refractivity contribution in [3.63, 3.8) is 0 Å². The van der Waals surface area contributed by atoms with Gasteiger partial charge in [-0.3, -0.25) is 19.1 Å². The SMILES string of the molecule is NC(=O)c1nn(CC(=O)N2C3C[C@@H]3C[C@H]2C(=O)N[C@@H]2C[C@@H]2c2ccc(F)cc2F)c2ccccc12. The van der Waals surface area contributed by atoms with Crippen LogP contribution in [0.1, 0.15) is 41.2 Å². The number of hydrogen-bond donors (Lipinski definition) is 2. The third kappa shape index (κ3) is 3.73. The number of aromatic nitrogens is 2. The minimum Gasteiger partial charge on any atom is -0.364 e. The van der Waals surface area contributed by atoms with Crippen LogP contribution in [0.4, 0.5) is 8.78 Å². The maximum atomic E-state index is 14.1. The number of fused-ring (bicyclic) bond motifs is 2. The average molecular weight is 479 g/mol. The number of primary amides is 1. The van der Waals surface area contributed by atoms with Crippen LogP contribution in [0, 0.1) is 17.6 Å². The van der Waals surface area contributed by atoms with Crippen LogP contribution in [0.2, 0.25) is 0 Å². The number of nitrogens with zero attached hydrogens (tertiary/aromatic N) is 3. The maximum Gasteiger partial charge on any atom is 0.269 e. The van der Waals surface area contributed by atoms with Gasteiger partial charge in [0.25, 0.3) is 5.91 Å². The number of carbonyl (C=O) groups is 3. The first-order chi connectivity index (χ1) is 16.8. The molecule has 3 fully saturated rings. The molecule has 5 atom stereocenters. The molecule has 3 N–H and O–H groups in total. The van der Waals surface area contributed by atoms with Crippen molar-refractivity contribution in [3.05, 3.63) is 65.4 Å². The number of likely N-dealkylation sites (tertiary alicyclic amines) is 1. The van der Waals surface area contributed by atoms with Gasteiger partial charge in [0.1, 0.15) is 24.2 Å². The number of amides is 3. The predicted molar refractivity (Wildman–Crippen MR) is 121 cm³/mol. The third-order valence-electron chi connectivity index (χ3n) is 7.35. The first-order valence-electron chi connectivity index (χ1n) is 11.6. The summed E-state index contributed by atoms with van der Waals surface area (Å²) in [5, 5.41) is 7.77. The normalized spacial score (nSPS) is 26.5. The van der Waals surface area contributed by atoms with Crippen molar-refractivity contribution < 1.29 is 23.2 Å². The van der Waals surface area contributed by atoms with Crippen LogP contribution in [-0.4, -0.2) is 50.5 Å². The Bertz CT molecular complexity index is 1390. The number of benzene rings is 2. The Hall–Kier alpha value is -3.82. The molecule has 1 unspecified atom stereocenters. The van der Waals surface area contributed by atoms with Crippen LogP contribution >= 0.6 is 0 Å². The highest BCUT2D eigenvalue weighted by atomic mass is 19.1. The summed E-state index contributed by atoms with van der Waals surface area (Å²) in [5.41, 5.74) is 6.55. The summed E-state index contributed by atoms with van der Waals surface area (Å²) in [6.45, 7) is -0.117. The fourth-order valence-electron chi connectivity index (χ4n) is 5.47. The van der Waals surface area contributed by atoms with E-state index in [0.717, 1.165) is 12.5 Å². The van der Waals surface area contributed by atoms with E-state index < -0.39 is 23.6 Å². The Balaban J connectivity index is 1.17. The maximum absolute atomic E-state index is 14.1. The van der Waals surface area contributed by atoms with Crippen LogP contribution < -0.4 is 11.1 Å². The molecular formula is C25H23F2N5O3. The standard InChI is InChI=1S/C25H23F2N5O3/c26-13-5-6-14(17(27)9-13)16-10-18(16)29-25(35)21-8-12-7-20(12)32(21)22(33)11-31-19-4-2-1-3-15(19)23(30-31)24(28)34/h1-6,9,12,16,18,20-21H,7-8,10-11H2,(H2,28,34)(H,29,35)/t12-,16-,18-,20?,21+/m1/s1. The molecule has 3 aromatic rings. The average Bonchev–Trinajstić information content (AvgIpc) is 3.69. The zero-order valence-corrected chi connectivity index (χ0v) is 18.7. The van der Waals surface area contributed by atoms with Gasteiger partial charge in [-0.05, 0) is 42.9 Å². The number of nitrogens with two attached hydrogens (primary N) is 1. The highest BCUT2D eigenvalue weighted by molar-refractivity contribution is 6.04. The highest BCUT2D eigenvalue weighted by Crippen LogP contribution is 2.49. The molecule has 3 amide bonds. The largest absolute Gasteiger partial charge is 0.364 e. The van der Waals surface area contributed by atoms with Gasteiger partial charge in [-0.1, -0.05) is 24.3 Å². The van der Waals surface area contributed by atoms with Crippen LogP contribution in [0.3, 0.4) is 0 Å². The Morgan fingerprint density at radius 2 is 1.89 bits per heavy atom. The van der Waals surface area contributed by atoms with Gasteiger partial charge in [-0.15, -0.1) is 0 Å². The van der Waals surface area contributed by atoms with Crippen molar-refractivity contribution >= 4 is 28.6 Å². The van der Waals surface area contributed by atoms with Gasteiger partial charge in [-0.25, -0.2) is 8.78 Å². The van der Waals surface area contributed by atoms with Crippen molar-refractivity contribution in [2.24, 2.45) is 11.7 Å². The van der Waals surface area contributed by atoms with Gasteiger partial charge in [-0.2, -0.15) is 5.10 Å². The molecule has 2 aliphatic carbocycles. The Morgan fingerprint density at radius 3 is 2.66 bits per heavy atom. The van der Waals surface area contributed by atoms with E-state index in [9.17, 15) is 23.2 Å². The highest BCUT2D eigenvalue weighted by Gasteiger charge is 2.56. The molecule has 6 rings (SSSR count). The number of hydrogen-bond acceptors (Lipinski definition) is 4. The smallest absolute Gasteiger partial charge is 0.269 e. The molecule has 2 heterocycles. The summed E-state index contributed by atoms with van der Waals surface area (Å²) in [6, 6.07) is 9.67. The Morgan fingerprint density at radius 1 is 1.09 bits per heavy atom. The van der Waals surface area contributed by atoms with Gasteiger partial charge in [0, 0.05) is 29.5 Å². The van der Waals surface area contributed by atoms with E-state index in [4.69, 9.17) is 5.73 Å². The molecule has 0 spiro atoms. The monoisotopic (exact) mass is 479 g/mol. The van der Waals surface area contributed by atoms with Crippen LogP contribution in [0.25, 0.3) is 10.9 Å². The first-order valence-corrected chi connectivity index (χ1v) is 11.6. The van der Waals surface area contributed by atoms with E-state index in [-0.39, 0.29) is 48.0 Å². The van der Waals surface area contributed by atoms with Crippen molar-refractivity contribution in [2.45, 2.75) is 49.9 Å². The number of halogens is 2.